The molecule has 1 aromatic carbocycles. The van der Waals surface area contributed by atoms with Gasteiger partial charge < -0.3 is 15.8 Å². The van der Waals surface area contributed by atoms with Gasteiger partial charge in [-0.15, -0.1) is 0 Å². The van der Waals surface area contributed by atoms with E-state index in [0.717, 1.165) is 12.8 Å². The van der Waals surface area contributed by atoms with E-state index < -0.39 is 0 Å². The molecule has 18 heavy (non-hydrogen) atoms. The van der Waals surface area contributed by atoms with Crippen molar-refractivity contribution in [3.8, 4) is 5.75 Å². The lowest BCUT2D eigenvalue weighted by molar-refractivity contribution is 0.0949. The second kappa shape index (κ2) is 7.95. The van der Waals surface area contributed by atoms with Gasteiger partial charge in [-0.2, -0.15) is 0 Å². The fourth-order valence-corrected chi connectivity index (χ4v) is 1.59. The van der Waals surface area contributed by atoms with Crippen LogP contribution in [0.4, 0.5) is 0 Å². The summed E-state index contributed by atoms with van der Waals surface area (Å²) in [6.07, 6.45) is 1.63. The summed E-state index contributed by atoms with van der Waals surface area (Å²) >= 11 is 5.90. The van der Waals surface area contributed by atoms with Gasteiger partial charge in [0.2, 0.25) is 0 Å². The average molecular weight is 271 g/mol. The van der Waals surface area contributed by atoms with Gasteiger partial charge in [0.15, 0.2) is 0 Å². The van der Waals surface area contributed by atoms with E-state index in [1.807, 2.05) is 6.92 Å². The van der Waals surface area contributed by atoms with Gasteiger partial charge in [0.05, 0.1) is 12.2 Å². The zero-order valence-electron chi connectivity index (χ0n) is 10.5. The topological polar surface area (TPSA) is 64.3 Å². The van der Waals surface area contributed by atoms with E-state index in [0.29, 0.717) is 36.0 Å². The van der Waals surface area contributed by atoms with Gasteiger partial charge >= 0.3 is 0 Å². The Hall–Kier alpha value is -1.26. The second-order valence-electron chi connectivity index (χ2n) is 3.89. The number of ether oxygens (including phenoxy) is 1. The Morgan fingerprint density at radius 2 is 2.28 bits per heavy atom. The molecule has 100 valence electrons. The number of nitrogens with one attached hydrogen (secondary N) is 1. The van der Waals surface area contributed by atoms with Gasteiger partial charge in [-0.25, -0.2) is 0 Å². The number of carbonyl (C=O) groups excluding carboxylic acids is 1. The van der Waals surface area contributed by atoms with Gasteiger partial charge in [0, 0.05) is 11.6 Å². The SMILES string of the molecule is CCCOc1ccc(Cl)cc1C(=O)NCCCN. The van der Waals surface area contributed by atoms with E-state index >= 15 is 0 Å². The second-order valence-corrected chi connectivity index (χ2v) is 4.32. The Morgan fingerprint density at radius 1 is 1.50 bits per heavy atom. The lowest BCUT2D eigenvalue weighted by Gasteiger charge is -2.11. The lowest BCUT2D eigenvalue weighted by atomic mass is 10.2. The Kier molecular flexibility index (Phi) is 6.54. The molecule has 1 aromatic rings. The van der Waals surface area contributed by atoms with Crippen molar-refractivity contribution in [2.45, 2.75) is 19.8 Å². The first-order chi connectivity index (χ1) is 8.69. The summed E-state index contributed by atoms with van der Waals surface area (Å²) < 4.78 is 5.52. The largest absolute Gasteiger partial charge is 0.493 e. The third-order valence-corrected chi connectivity index (χ3v) is 2.55. The third kappa shape index (κ3) is 4.55. The number of rotatable bonds is 7. The summed E-state index contributed by atoms with van der Waals surface area (Å²) in [7, 11) is 0. The summed E-state index contributed by atoms with van der Waals surface area (Å²) in [6.45, 7) is 3.69. The average Bonchev–Trinajstić information content (AvgIpc) is 2.37. The van der Waals surface area contributed by atoms with Crippen molar-refractivity contribution in [3.63, 3.8) is 0 Å². The van der Waals surface area contributed by atoms with Crippen molar-refractivity contribution in [1.29, 1.82) is 0 Å². The normalized spacial score (nSPS) is 10.2. The minimum Gasteiger partial charge on any atom is -0.493 e. The highest BCUT2D eigenvalue weighted by molar-refractivity contribution is 6.31. The molecule has 3 N–H and O–H groups in total. The van der Waals surface area contributed by atoms with Gasteiger partial charge in [-0.05, 0) is 37.6 Å². The maximum absolute atomic E-state index is 12.0. The summed E-state index contributed by atoms with van der Waals surface area (Å²) in [5.41, 5.74) is 5.84. The molecule has 0 saturated carbocycles. The number of hydrogen-bond donors (Lipinski definition) is 2. The summed E-state index contributed by atoms with van der Waals surface area (Å²) in [5.74, 6) is 0.378. The Morgan fingerprint density at radius 3 is 2.94 bits per heavy atom. The minimum atomic E-state index is -0.183. The van der Waals surface area contributed by atoms with Crippen LogP contribution in [0.15, 0.2) is 18.2 Å². The van der Waals surface area contributed by atoms with Crippen molar-refractivity contribution in [1.82, 2.24) is 5.32 Å². The smallest absolute Gasteiger partial charge is 0.255 e. The van der Waals surface area contributed by atoms with Gasteiger partial charge in [0.25, 0.3) is 5.91 Å². The van der Waals surface area contributed by atoms with Crippen LogP contribution in [0.25, 0.3) is 0 Å². The number of benzene rings is 1. The Balaban J connectivity index is 2.76. The molecule has 4 nitrogen and oxygen atoms in total. The molecule has 0 radical (unpaired) electrons. The predicted molar refractivity (Wildman–Crippen MR) is 73.2 cm³/mol. The quantitative estimate of drug-likeness (QED) is 0.747. The summed E-state index contributed by atoms with van der Waals surface area (Å²) in [6, 6.07) is 5.05. The molecule has 0 heterocycles. The first-order valence-electron chi connectivity index (χ1n) is 6.09. The van der Waals surface area contributed by atoms with Crippen LogP contribution >= 0.6 is 11.6 Å². The highest BCUT2D eigenvalue weighted by Crippen LogP contribution is 2.23. The highest BCUT2D eigenvalue weighted by atomic mass is 35.5. The van der Waals surface area contributed by atoms with Gasteiger partial charge in [0.1, 0.15) is 5.75 Å². The number of halogens is 1. The molecule has 0 bridgehead atoms. The molecular weight excluding hydrogens is 252 g/mol. The molecule has 0 spiro atoms. The monoisotopic (exact) mass is 270 g/mol. The van der Waals surface area contributed by atoms with E-state index in [4.69, 9.17) is 22.1 Å². The minimum absolute atomic E-state index is 0.183. The molecule has 0 aliphatic carbocycles. The van der Waals surface area contributed by atoms with Crippen LogP contribution in [0.1, 0.15) is 30.1 Å². The van der Waals surface area contributed by atoms with E-state index in [9.17, 15) is 4.79 Å². The number of carbonyl (C=O) groups is 1. The standard InChI is InChI=1S/C13H19ClN2O2/c1-2-8-18-12-5-4-10(14)9-11(12)13(17)16-7-3-6-15/h4-5,9H,2-3,6-8,15H2,1H3,(H,16,17). The molecular formula is C13H19ClN2O2. The van der Waals surface area contributed by atoms with Crippen molar-refractivity contribution in [2.75, 3.05) is 19.7 Å². The molecule has 0 aliphatic heterocycles. The molecule has 0 fully saturated rings. The van der Waals surface area contributed by atoms with E-state index in [1.54, 1.807) is 18.2 Å². The molecule has 5 heteroatoms. The third-order valence-electron chi connectivity index (χ3n) is 2.31. The van der Waals surface area contributed by atoms with E-state index in [2.05, 4.69) is 5.32 Å². The first kappa shape index (κ1) is 14.8. The number of nitrogens with two attached hydrogens (primary N) is 1. The van der Waals surface area contributed by atoms with Crippen LogP contribution in [0, 0.1) is 0 Å². The first-order valence-corrected chi connectivity index (χ1v) is 6.47. The van der Waals surface area contributed by atoms with Gasteiger partial charge in [-0.3, -0.25) is 4.79 Å². The van der Waals surface area contributed by atoms with E-state index in [-0.39, 0.29) is 5.91 Å². The molecule has 0 saturated heterocycles. The van der Waals surface area contributed by atoms with Crippen LogP contribution in [-0.2, 0) is 0 Å². The Bertz CT molecular complexity index is 397. The Labute approximate surface area is 112 Å². The fraction of sp³-hybridized carbons (Fsp3) is 0.462. The predicted octanol–water partition coefficient (Wildman–Crippen LogP) is 2.21. The van der Waals surface area contributed by atoms with Crippen LogP contribution in [0.2, 0.25) is 5.02 Å². The molecule has 1 rings (SSSR count). The van der Waals surface area contributed by atoms with Crippen molar-refractivity contribution in [3.05, 3.63) is 28.8 Å². The molecule has 1 amide bonds. The lowest BCUT2D eigenvalue weighted by Crippen LogP contribution is -2.26. The fourth-order valence-electron chi connectivity index (χ4n) is 1.42. The van der Waals surface area contributed by atoms with Crippen LogP contribution in [0.5, 0.6) is 5.75 Å². The summed E-state index contributed by atoms with van der Waals surface area (Å²) in [4.78, 5) is 12.0. The zero-order valence-corrected chi connectivity index (χ0v) is 11.3. The molecule has 0 aromatic heterocycles. The maximum Gasteiger partial charge on any atom is 0.255 e. The molecule has 0 atom stereocenters. The van der Waals surface area contributed by atoms with Crippen molar-refractivity contribution >= 4 is 17.5 Å². The zero-order chi connectivity index (χ0) is 13.4. The van der Waals surface area contributed by atoms with Gasteiger partial charge in [-0.1, -0.05) is 18.5 Å². The molecule has 0 aliphatic rings. The molecule has 0 unspecified atom stereocenters. The highest BCUT2D eigenvalue weighted by Gasteiger charge is 2.12. The maximum atomic E-state index is 12.0. The van der Waals surface area contributed by atoms with Crippen LogP contribution < -0.4 is 15.8 Å². The van der Waals surface area contributed by atoms with Crippen LogP contribution in [0.3, 0.4) is 0 Å². The van der Waals surface area contributed by atoms with E-state index in [1.165, 1.54) is 0 Å². The van der Waals surface area contributed by atoms with Crippen molar-refractivity contribution < 1.29 is 9.53 Å². The summed E-state index contributed by atoms with van der Waals surface area (Å²) in [5, 5.41) is 3.30. The van der Waals surface area contributed by atoms with Crippen molar-refractivity contribution in [2.24, 2.45) is 5.73 Å². The van der Waals surface area contributed by atoms with Crippen LogP contribution in [-0.4, -0.2) is 25.6 Å². The number of hydrogen-bond acceptors (Lipinski definition) is 3. The number of amides is 1.